The van der Waals surface area contributed by atoms with Gasteiger partial charge in [0.2, 0.25) is 5.13 Å². The summed E-state index contributed by atoms with van der Waals surface area (Å²) in [6.45, 7) is 1.89. The van der Waals surface area contributed by atoms with E-state index in [1.165, 1.54) is 11.3 Å². The molecule has 0 saturated carbocycles. The molecule has 0 aliphatic heterocycles. The molecule has 0 atom stereocenters. The van der Waals surface area contributed by atoms with Crippen LogP contribution in [0.2, 0.25) is 5.02 Å². The normalized spacial score (nSPS) is 10.4. The third kappa shape index (κ3) is 3.95. The smallest absolute Gasteiger partial charge is 0.203 e. The van der Waals surface area contributed by atoms with Crippen LogP contribution in [-0.4, -0.2) is 17.8 Å². The van der Waals surface area contributed by atoms with Crippen molar-refractivity contribution in [2.45, 2.75) is 6.92 Å². The Labute approximate surface area is 125 Å². The van der Waals surface area contributed by atoms with Crippen molar-refractivity contribution >= 4 is 34.3 Å². The molecule has 2 aromatic rings. The zero-order valence-electron chi connectivity index (χ0n) is 10.6. The van der Waals surface area contributed by atoms with Crippen molar-refractivity contribution in [2.75, 3.05) is 12.0 Å². The maximum Gasteiger partial charge on any atom is 0.203 e. The first kappa shape index (κ1) is 14.3. The van der Waals surface area contributed by atoms with E-state index in [0.29, 0.717) is 21.5 Å². The van der Waals surface area contributed by atoms with Crippen LogP contribution in [0.4, 0.5) is 5.13 Å². The standard InChI is InChI=1S/C13H11ClN4OS/c1-9-8-20-13(17-9)18-16-7-10-6-11(14)2-3-12(10)19-5-4-15/h2-3,6-8H,5H2,1H3,(H,17,18). The Balaban J connectivity index is 2.10. The van der Waals surface area contributed by atoms with Crippen LogP contribution in [0, 0.1) is 18.3 Å². The molecule has 0 bridgehead atoms. The molecule has 0 unspecified atom stereocenters. The molecule has 0 aliphatic rings. The lowest BCUT2D eigenvalue weighted by atomic mass is 10.2. The predicted molar refractivity (Wildman–Crippen MR) is 80.6 cm³/mol. The first-order chi connectivity index (χ1) is 9.69. The molecule has 1 aromatic carbocycles. The minimum Gasteiger partial charge on any atom is -0.478 e. The van der Waals surface area contributed by atoms with Gasteiger partial charge in [-0.3, -0.25) is 5.43 Å². The molecular weight excluding hydrogens is 296 g/mol. The molecule has 1 N–H and O–H groups in total. The third-order valence-electron chi connectivity index (χ3n) is 2.25. The van der Waals surface area contributed by atoms with Gasteiger partial charge >= 0.3 is 0 Å². The summed E-state index contributed by atoms with van der Waals surface area (Å²) in [5.74, 6) is 0.553. The summed E-state index contributed by atoms with van der Waals surface area (Å²) in [7, 11) is 0. The van der Waals surface area contributed by atoms with Crippen molar-refractivity contribution < 1.29 is 4.74 Å². The van der Waals surface area contributed by atoms with E-state index in [1.54, 1.807) is 24.4 Å². The Kier molecular flexibility index (Phi) is 4.93. The van der Waals surface area contributed by atoms with Crippen LogP contribution in [0.1, 0.15) is 11.3 Å². The summed E-state index contributed by atoms with van der Waals surface area (Å²) in [6, 6.07) is 7.03. The van der Waals surface area contributed by atoms with E-state index in [0.717, 1.165) is 5.69 Å². The van der Waals surface area contributed by atoms with Gasteiger partial charge in [0.25, 0.3) is 0 Å². The highest BCUT2D eigenvalue weighted by Crippen LogP contribution is 2.21. The van der Waals surface area contributed by atoms with Gasteiger partial charge in [-0.1, -0.05) is 11.6 Å². The van der Waals surface area contributed by atoms with E-state index >= 15 is 0 Å². The number of hydrogen-bond acceptors (Lipinski definition) is 6. The molecule has 102 valence electrons. The van der Waals surface area contributed by atoms with E-state index in [9.17, 15) is 0 Å². The summed E-state index contributed by atoms with van der Waals surface area (Å²) in [5.41, 5.74) is 4.46. The van der Waals surface area contributed by atoms with Gasteiger partial charge in [-0.15, -0.1) is 11.3 Å². The van der Waals surface area contributed by atoms with Crippen LogP contribution in [0.25, 0.3) is 0 Å². The molecule has 7 heteroatoms. The van der Waals surface area contributed by atoms with Crippen LogP contribution in [0.15, 0.2) is 28.7 Å². The minimum absolute atomic E-state index is 0.0262. The van der Waals surface area contributed by atoms with Gasteiger partial charge in [-0.25, -0.2) is 4.98 Å². The van der Waals surface area contributed by atoms with Crippen LogP contribution < -0.4 is 10.2 Å². The van der Waals surface area contributed by atoms with Gasteiger partial charge in [0, 0.05) is 16.0 Å². The number of hydrogen-bond donors (Lipinski definition) is 1. The quantitative estimate of drug-likeness (QED) is 0.678. The van der Waals surface area contributed by atoms with Crippen molar-refractivity contribution in [1.29, 1.82) is 5.26 Å². The maximum atomic E-state index is 8.55. The lowest BCUT2D eigenvalue weighted by molar-refractivity contribution is 0.367. The fourth-order valence-electron chi connectivity index (χ4n) is 1.42. The first-order valence-corrected chi connectivity index (χ1v) is 6.95. The fourth-order valence-corrected chi connectivity index (χ4v) is 2.24. The summed E-state index contributed by atoms with van der Waals surface area (Å²) >= 11 is 7.41. The number of hydrazone groups is 1. The van der Waals surface area contributed by atoms with Crippen LogP contribution in [0.5, 0.6) is 5.75 Å². The van der Waals surface area contributed by atoms with Crippen LogP contribution in [0.3, 0.4) is 0 Å². The van der Waals surface area contributed by atoms with Gasteiger partial charge in [0.15, 0.2) is 6.61 Å². The Morgan fingerprint density at radius 1 is 1.60 bits per heavy atom. The van der Waals surface area contributed by atoms with E-state index in [-0.39, 0.29) is 6.61 Å². The van der Waals surface area contributed by atoms with Crippen molar-refractivity contribution in [3.05, 3.63) is 39.9 Å². The molecule has 2 rings (SSSR count). The van der Waals surface area contributed by atoms with Gasteiger partial charge < -0.3 is 4.74 Å². The zero-order chi connectivity index (χ0) is 14.4. The number of aryl methyl sites for hydroxylation is 1. The van der Waals surface area contributed by atoms with E-state index < -0.39 is 0 Å². The van der Waals surface area contributed by atoms with Gasteiger partial charge in [-0.2, -0.15) is 10.4 Å². The first-order valence-electron chi connectivity index (χ1n) is 5.69. The number of nitrogens with one attached hydrogen (secondary N) is 1. The number of halogens is 1. The molecule has 0 fully saturated rings. The summed E-state index contributed by atoms with van der Waals surface area (Å²) in [6.07, 6.45) is 1.58. The number of ether oxygens (including phenoxy) is 1. The molecule has 0 aliphatic carbocycles. The molecule has 1 aromatic heterocycles. The number of anilines is 1. The molecule has 0 radical (unpaired) electrons. The Bertz CT molecular complexity index is 663. The average Bonchev–Trinajstić information content (AvgIpc) is 2.84. The topological polar surface area (TPSA) is 70.3 Å². The molecule has 0 spiro atoms. The molecule has 1 heterocycles. The van der Waals surface area contributed by atoms with Crippen molar-refractivity contribution in [3.8, 4) is 11.8 Å². The van der Waals surface area contributed by atoms with Crippen molar-refractivity contribution in [1.82, 2.24) is 4.98 Å². The Morgan fingerprint density at radius 2 is 2.45 bits per heavy atom. The van der Waals surface area contributed by atoms with E-state index in [1.807, 2.05) is 18.4 Å². The summed E-state index contributed by atoms with van der Waals surface area (Å²) in [4.78, 5) is 4.22. The second kappa shape index (κ2) is 6.89. The van der Waals surface area contributed by atoms with E-state index in [4.69, 9.17) is 21.6 Å². The number of benzene rings is 1. The van der Waals surface area contributed by atoms with Crippen LogP contribution >= 0.6 is 22.9 Å². The zero-order valence-corrected chi connectivity index (χ0v) is 12.2. The maximum absolute atomic E-state index is 8.55. The number of aromatic nitrogens is 1. The Hall–Kier alpha value is -2.10. The molecule has 20 heavy (non-hydrogen) atoms. The average molecular weight is 307 g/mol. The van der Waals surface area contributed by atoms with Crippen LogP contribution in [-0.2, 0) is 0 Å². The van der Waals surface area contributed by atoms with Gasteiger partial charge in [-0.05, 0) is 25.1 Å². The number of rotatable bonds is 5. The second-order valence-corrected chi connectivity index (χ2v) is 5.09. The Morgan fingerprint density at radius 3 is 3.15 bits per heavy atom. The number of thiazole rings is 1. The highest BCUT2D eigenvalue weighted by Gasteiger charge is 2.03. The minimum atomic E-state index is -0.0262. The second-order valence-electron chi connectivity index (χ2n) is 3.79. The fraction of sp³-hybridized carbons (Fsp3) is 0.154. The van der Waals surface area contributed by atoms with Gasteiger partial charge in [0.1, 0.15) is 11.8 Å². The lowest BCUT2D eigenvalue weighted by Crippen LogP contribution is -1.98. The number of nitriles is 1. The molecular formula is C13H11ClN4OS. The third-order valence-corrected chi connectivity index (χ3v) is 3.35. The van der Waals surface area contributed by atoms with E-state index in [2.05, 4.69) is 15.5 Å². The van der Waals surface area contributed by atoms with Crippen molar-refractivity contribution in [3.63, 3.8) is 0 Å². The molecule has 0 amide bonds. The molecule has 0 saturated heterocycles. The number of nitrogens with zero attached hydrogens (tertiary/aromatic N) is 3. The molecule has 5 nitrogen and oxygen atoms in total. The van der Waals surface area contributed by atoms with Gasteiger partial charge in [0.05, 0.1) is 11.9 Å². The SMILES string of the molecule is Cc1csc(NN=Cc2cc(Cl)ccc2OCC#N)n1. The largest absolute Gasteiger partial charge is 0.478 e. The summed E-state index contributed by atoms with van der Waals surface area (Å²) in [5, 5.41) is 15.8. The highest BCUT2D eigenvalue weighted by atomic mass is 35.5. The highest BCUT2D eigenvalue weighted by molar-refractivity contribution is 7.13. The summed E-state index contributed by atoms with van der Waals surface area (Å²) < 4.78 is 5.30. The lowest BCUT2D eigenvalue weighted by Gasteiger charge is -2.05. The monoisotopic (exact) mass is 306 g/mol. The predicted octanol–water partition coefficient (Wildman–Crippen LogP) is 3.45. The van der Waals surface area contributed by atoms with Crippen molar-refractivity contribution in [2.24, 2.45) is 5.10 Å².